The van der Waals surface area contributed by atoms with E-state index < -0.39 is 0 Å². The van der Waals surface area contributed by atoms with E-state index in [0.717, 1.165) is 13.0 Å². The van der Waals surface area contributed by atoms with Crippen molar-refractivity contribution in [3.8, 4) is 0 Å². The molecule has 0 aliphatic rings. The summed E-state index contributed by atoms with van der Waals surface area (Å²) < 4.78 is 0. The zero-order valence-corrected chi connectivity index (χ0v) is 13.8. The molecule has 2 N–H and O–H groups in total. The molecule has 0 aromatic rings. The molecule has 0 bridgehead atoms. The van der Waals surface area contributed by atoms with Gasteiger partial charge in [0.2, 0.25) is 0 Å². The lowest BCUT2D eigenvalue weighted by atomic mass is 9.85. The van der Waals surface area contributed by atoms with Crippen LogP contribution in [0.2, 0.25) is 0 Å². The third kappa shape index (κ3) is 11.4. The van der Waals surface area contributed by atoms with E-state index in [4.69, 9.17) is 5.11 Å². The van der Waals surface area contributed by atoms with Gasteiger partial charge in [-0.3, -0.25) is 0 Å². The van der Waals surface area contributed by atoms with Crippen molar-refractivity contribution >= 4 is 0 Å². The van der Waals surface area contributed by atoms with Crippen molar-refractivity contribution in [2.45, 2.75) is 91.5 Å². The Morgan fingerprint density at radius 1 is 0.895 bits per heavy atom. The predicted molar refractivity (Wildman–Crippen MR) is 85.6 cm³/mol. The SMILES string of the molecule is CCCCCCCCCCNC(CCO)C(C)(C)C. The van der Waals surface area contributed by atoms with Gasteiger partial charge in [-0.2, -0.15) is 0 Å². The molecule has 0 aliphatic carbocycles. The predicted octanol–water partition coefficient (Wildman–Crippen LogP) is 4.51. The van der Waals surface area contributed by atoms with Crippen LogP contribution < -0.4 is 5.32 Å². The monoisotopic (exact) mass is 271 g/mol. The summed E-state index contributed by atoms with van der Waals surface area (Å²) in [5.74, 6) is 0. The Morgan fingerprint density at radius 2 is 1.42 bits per heavy atom. The lowest BCUT2D eigenvalue weighted by Gasteiger charge is -2.31. The Bertz CT molecular complexity index is 186. The van der Waals surface area contributed by atoms with Gasteiger partial charge < -0.3 is 10.4 Å². The highest BCUT2D eigenvalue weighted by atomic mass is 16.3. The molecule has 2 heteroatoms. The van der Waals surface area contributed by atoms with Crippen molar-refractivity contribution < 1.29 is 5.11 Å². The maximum absolute atomic E-state index is 9.10. The van der Waals surface area contributed by atoms with Crippen LogP contribution in [0.15, 0.2) is 0 Å². The van der Waals surface area contributed by atoms with E-state index >= 15 is 0 Å². The van der Waals surface area contributed by atoms with Gasteiger partial charge in [0.1, 0.15) is 0 Å². The largest absolute Gasteiger partial charge is 0.396 e. The third-order valence-electron chi connectivity index (χ3n) is 3.88. The van der Waals surface area contributed by atoms with Gasteiger partial charge in [-0.25, -0.2) is 0 Å². The van der Waals surface area contributed by atoms with Crippen LogP contribution in [0.5, 0.6) is 0 Å². The van der Waals surface area contributed by atoms with Crippen LogP contribution in [-0.4, -0.2) is 24.3 Å². The van der Waals surface area contributed by atoms with Crippen molar-refractivity contribution in [1.29, 1.82) is 0 Å². The number of hydrogen-bond donors (Lipinski definition) is 2. The maximum atomic E-state index is 9.10. The minimum atomic E-state index is 0.239. The van der Waals surface area contributed by atoms with Crippen molar-refractivity contribution in [2.75, 3.05) is 13.2 Å². The molecule has 0 amide bonds. The molecular weight excluding hydrogens is 234 g/mol. The molecule has 116 valence electrons. The van der Waals surface area contributed by atoms with E-state index in [1.54, 1.807) is 0 Å². The quantitative estimate of drug-likeness (QED) is 0.512. The Kier molecular flexibility index (Phi) is 11.7. The average molecular weight is 271 g/mol. The second kappa shape index (κ2) is 11.7. The van der Waals surface area contributed by atoms with Crippen LogP contribution >= 0.6 is 0 Å². The first kappa shape index (κ1) is 18.9. The summed E-state index contributed by atoms with van der Waals surface area (Å²) in [6.45, 7) is 10.4. The van der Waals surface area contributed by atoms with Crippen molar-refractivity contribution in [3.63, 3.8) is 0 Å². The Balaban J connectivity index is 3.45. The van der Waals surface area contributed by atoms with Gasteiger partial charge in [-0.1, -0.05) is 72.6 Å². The summed E-state index contributed by atoms with van der Waals surface area (Å²) in [5, 5.41) is 12.7. The minimum absolute atomic E-state index is 0.239. The molecule has 0 spiro atoms. The number of aliphatic hydroxyl groups excluding tert-OH is 1. The van der Waals surface area contributed by atoms with Gasteiger partial charge in [0.15, 0.2) is 0 Å². The first-order valence-corrected chi connectivity index (χ1v) is 8.36. The lowest BCUT2D eigenvalue weighted by molar-refractivity contribution is 0.197. The Labute approximate surface area is 121 Å². The zero-order valence-electron chi connectivity index (χ0n) is 13.8. The van der Waals surface area contributed by atoms with Gasteiger partial charge >= 0.3 is 0 Å². The molecule has 0 heterocycles. The van der Waals surface area contributed by atoms with Crippen LogP contribution in [0.25, 0.3) is 0 Å². The fourth-order valence-corrected chi connectivity index (χ4v) is 2.51. The van der Waals surface area contributed by atoms with E-state index in [2.05, 4.69) is 33.0 Å². The van der Waals surface area contributed by atoms with Crippen LogP contribution in [0.3, 0.4) is 0 Å². The molecular formula is C17H37NO. The summed E-state index contributed by atoms with van der Waals surface area (Å²) in [4.78, 5) is 0. The molecule has 0 fully saturated rings. The molecule has 0 radical (unpaired) electrons. The summed E-state index contributed by atoms with van der Waals surface area (Å²) >= 11 is 0. The lowest BCUT2D eigenvalue weighted by Crippen LogP contribution is -2.41. The van der Waals surface area contributed by atoms with Gasteiger partial charge in [0, 0.05) is 12.6 Å². The first-order valence-electron chi connectivity index (χ1n) is 8.36. The molecule has 0 saturated carbocycles. The van der Waals surface area contributed by atoms with Gasteiger partial charge in [-0.05, 0) is 24.8 Å². The molecule has 0 saturated heterocycles. The topological polar surface area (TPSA) is 32.3 Å². The molecule has 1 atom stereocenters. The highest BCUT2D eigenvalue weighted by molar-refractivity contribution is 4.80. The molecule has 0 aliphatic heterocycles. The van der Waals surface area contributed by atoms with E-state index in [-0.39, 0.29) is 12.0 Å². The van der Waals surface area contributed by atoms with E-state index in [9.17, 15) is 0 Å². The van der Waals surface area contributed by atoms with Crippen LogP contribution in [0.1, 0.15) is 85.5 Å². The van der Waals surface area contributed by atoms with Crippen molar-refractivity contribution in [1.82, 2.24) is 5.32 Å². The molecule has 0 aromatic carbocycles. The summed E-state index contributed by atoms with van der Waals surface area (Å²) in [5.41, 5.74) is 0.239. The number of unbranched alkanes of at least 4 members (excludes halogenated alkanes) is 7. The number of rotatable bonds is 12. The average Bonchev–Trinajstić information content (AvgIpc) is 2.34. The third-order valence-corrected chi connectivity index (χ3v) is 3.88. The van der Waals surface area contributed by atoms with Gasteiger partial charge in [0.25, 0.3) is 0 Å². The van der Waals surface area contributed by atoms with Crippen LogP contribution in [0, 0.1) is 5.41 Å². The van der Waals surface area contributed by atoms with Gasteiger partial charge in [0.05, 0.1) is 0 Å². The summed E-state index contributed by atoms with van der Waals surface area (Å²) in [6.07, 6.45) is 11.8. The second-order valence-corrected chi connectivity index (χ2v) is 6.86. The van der Waals surface area contributed by atoms with Crippen molar-refractivity contribution in [2.24, 2.45) is 5.41 Å². The fraction of sp³-hybridized carbons (Fsp3) is 1.00. The van der Waals surface area contributed by atoms with E-state index in [1.807, 2.05) is 0 Å². The standard InChI is InChI=1S/C17H37NO/c1-5-6-7-8-9-10-11-12-14-18-16(13-15-19)17(2,3)4/h16,18-19H,5-15H2,1-4H3. The van der Waals surface area contributed by atoms with Gasteiger partial charge in [-0.15, -0.1) is 0 Å². The highest BCUT2D eigenvalue weighted by Crippen LogP contribution is 2.21. The molecule has 19 heavy (non-hydrogen) atoms. The molecule has 0 rings (SSSR count). The maximum Gasteiger partial charge on any atom is 0.0446 e. The molecule has 0 aromatic heterocycles. The first-order chi connectivity index (χ1) is 9.02. The number of hydrogen-bond acceptors (Lipinski definition) is 2. The fourth-order valence-electron chi connectivity index (χ4n) is 2.51. The molecule has 2 nitrogen and oxygen atoms in total. The zero-order chi connectivity index (χ0) is 14.6. The number of aliphatic hydroxyl groups is 1. The Morgan fingerprint density at radius 3 is 1.89 bits per heavy atom. The van der Waals surface area contributed by atoms with Crippen LogP contribution in [-0.2, 0) is 0 Å². The highest BCUT2D eigenvalue weighted by Gasteiger charge is 2.22. The minimum Gasteiger partial charge on any atom is -0.396 e. The van der Waals surface area contributed by atoms with Crippen LogP contribution in [0.4, 0.5) is 0 Å². The molecule has 1 unspecified atom stereocenters. The smallest absolute Gasteiger partial charge is 0.0446 e. The van der Waals surface area contributed by atoms with E-state index in [1.165, 1.54) is 51.4 Å². The number of nitrogens with one attached hydrogen (secondary N) is 1. The van der Waals surface area contributed by atoms with Crippen molar-refractivity contribution in [3.05, 3.63) is 0 Å². The summed E-state index contributed by atoms with van der Waals surface area (Å²) in [7, 11) is 0. The van der Waals surface area contributed by atoms with E-state index in [0.29, 0.717) is 6.04 Å². The normalized spacial score (nSPS) is 13.7. The second-order valence-electron chi connectivity index (χ2n) is 6.86. The summed E-state index contributed by atoms with van der Waals surface area (Å²) in [6, 6.07) is 0.432. The Hall–Kier alpha value is -0.0800.